The van der Waals surface area contributed by atoms with E-state index in [-0.39, 0.29) is 10.9 Å². The van der Waals surface area contributed by atoms with Crippen LogP contribution < -0.4 is 15.6 Å². The van der Waals surface area contributed by atoms with Crippen LogP contribution in [0.2, 0.25) is 0 Å². The number of sulfonamides is 1. The molecule has 0 spiro atoms. The Labute approximate surface area is 131 Å². The Morgan fingerprint density at radius 1 is 1.14 bits per heavy atom. The van der Waals surface area contributed by atoms with Crippen LogP contribution in [0.1, 0.15) is 12.5 Å². The maximum atomic E-state index is 12.0. The Balaban J connectivity index is 2.66. The molecule has 4 N–H and O–H groups in total. The minimum atomic E-state index is -3.86. The average molecular weight is 320 g/mol. The van der Waals surface area contributed by atoms with Crippen LogP contribution in [0, 0.1) is 0 Å². The molecular weight excluding hydrogens is 300 g/mol. The normalized spacial score (nSPS) is 12.9. The first-order valence-corrected chi connectivity index (χ1v) is 8.42. The largest absolute Gasteiger partial charge is 0.496 e. The van der Waals surface area contributed by atoms with Gasteiger partial charge < -0.3 is 10.5 Å². The fourth-order valence-electron chi connectivity index (χ4n) is 2.39. The number of rotatable bonds is 5. The zero-order valence-electron chi connectivity index (χ0n) is 12.6. The van der Waals surface area contributed by atoms with Gasteiger partial charge in [0, 0.05) is 17.2 Å². The Kier molecular flexibility index (Phi) is 4.85. The van der Waals surface area contributed by atoms with Gasteiger partial charge in [-0.05, 0) is 31.0 Å². The van der Waals surface area contributed by atoms with E-state index in [1.165, 1.54) is 0 Å². The summed E-state index contributed by atoms with van der Waals surface area (Å²) in [5, 5.41) is 5.39. The predicted octanol–water partition coefficient (Wildman–Crippen LogP) is 1.90. The monoisotopic (exact) mass is 320 g/mol. The average Bonchev–Trinajstić information content (AvgIpc) is 2.45. The van der Waals surface area contributed by atoms with Gasteiger partial charge in [0.25, 0.3) is 0 Å². The molecule has 0 aromatic heterocycles. The lowest BCUT2D eigenvalue weighted by Gasteiger charge is -2.14. The van der Waals surface area contributed by atoms with E-state index in [0.717, 1.165) is 5.56 Å². The van der Waals surface area contributed by atoms with Gasteiger partial charge >= 0.3 is 0 Å². The minimum Gasteiger partial charge on any atom is -0.496 e. The van der Waals surface area contributed by atoms with Crippen molar-refractivity contribution in [1.82, 2.24) is 0 Å². The minimum absolute atomic E-state index is 0.0644. The second-order valence-electron chi connectivity index (χ2n) is 5.26. The van der Waals surface area contributed by atoms with Crippen LogP contribution in [0.5, 0.6) is 5.75 Å². The van der Waals surface area contributed by atoms with Gasteiger partial charge in [-0.2, -0.15) is 0 Å². The molecule has 2 aromatic rings. The van der Waals surface area contributed by atoms with Gasteiger partial charge in [-0.1, -0.05) is 30.3 Å². The molecule has 22 heavy (non-hydrogen) atoms. The molecule has 0 unspecified atom stereocenters. The van der Waals surface area contributed by atoms with E-state index in [1.807, 2.05) is 25.1 Å². The van der Waals surface area contributed by atoms with Crippen molar-refractivity contribution in [1.29, 1.82) is 0 Å². The summed E-state index contributed by atoms with van der Waals surface area (Å²) in [6.45, 7) is 1.87. The number of hydrogen-bond donors (Lipinski definition) is 2. The molecular formula is C16H20N2O3S. The lowest BCUT2D eigenvalue weighted by Crippen LogP contribution is -2.19. The van der Waals surface area contributed by atoms with Crippen LogP contribution in [0.25, 0.3) is 11.1 Å². The van der Waals surface area contributed by atoms with E-state index in [4.69, 9.17) is 15.6 Å². The molecule has 1 atom stereocenters. The first-order valence-electron chi connectivity index (χ1n) is 6.87. The molecule has 0 bridgehead atoms. The number of ether oxygens (including phenoxy) is 1. The molecule has 2 aromatic carbocycles. The highest BCUT2D eigenvalue weighted by Crippen LogP contribution is 2.34. The smallest absolute Gasteiger partial charge is 0.238 e. The molecule has 0 aliphatic carbocycles. The molecule has 0 amide bonds. The van der Waals surface area contributed by atoms with Crippen molar-refractivity contribution in [2.75, 3.05) is 7.11 Å². The summed E-state index contributed by atoms with van der Waals surface area (Å²) in [5.41, 5.74) is 7.81. The molecule has 0 aliphatic rings. The Hall–Kier alpha value is -1.89. The van der Waals surface area contributed by atoms with Gasteiger partial charge in [0.2, 0.25) is 10.0 Å². The number of nitrogens with two attached hydrogens (primary N) is 2. The fraction of sp³-hybridized carbons (Fsp3) is 0.250. The maximum Gasteiger partial charge on any atom is 0.238 e. The van der Waals surface area contributed by atoms with Gasteiger partial charge in [0.05, 0.1) is 12.0 Å². The van der Waals surface area contributed by atoms with Crippen LogP contribution in [0.3, 0.4) is 0 Å². The molecule has 0 fully saturated rings. The van der Waals surface area contributed by atoms with Crippen molar-refractivity contribution in [3.8, 4) is 16.9 Å². The van der Waals surface area contributed by atoms with Gasteiger partial charge in [-0.15, -0.1) is 0 Å². The molecule has 0 aliphatic heterocycles. The standard InChI is InChI=1S/C16H20N2O3S/c1-11(17)9-12-7-8-14(16(10-12)22(18,19)20)13-5-3-4-6-15(13)21-2/h3-8,10-11H,9,17H2,1-2H3,(H2,18,19,20)/t11-/m1/s1. The van der Waals surface area contributed by atoms with Crippen molar-refractivity contribution >= 4 is 10.0 Å². The lowest BCUT2D eigenvalue weighted by molar-refractivity contribution is 0.416. The summed E-state index contributed by atoms with van der Waals surface area (Å²) in [7, 11) is -2.32. The first kappa shape index (κ1) is 16.5. The number of hydrogen-bond acceptors (Lipinski definition) is 4. The topological polar surface area (TPSA) is 95.4 Å². The Bertz CT molecular complexity index is 771. The quantitative estimate of drug-likeness (QED) is 0.879. The van der Waals surface area contributed by atoms with Crippen molar-refractivity contribution in [2.24, 2.45) is 10.9 Å². The SMILES string of the molecule is COc1ccccc1-c1ccc(C[C@@H](C)N)cc1S(N)(=O)=O. The summed E-state index contributed by atoms with van der Waals surface area (Å²) >= 11 is 0. The summed E-state index contributed by atoms with van der Waals surface area (Å²) < 4.78 is 29.2. The third-order valence-electron chi connectivity index (χ3n) is 3.31. The molecule has 0 heterocycles. The highest BCUT2D eigenvalue weighted by atomic mass is 32.2. The van der Waals surface area contributed by atoms with E-state index in [0.29, 0.717) is 23.3 Å². The zero-order chi connectivity index (χ0) is 16.3. The second-order valence-corrected chi connectivity index (χ2v) is 6.79. The molecule has 0 saturated heterocycles. The molecule has 0 radical (unpaired) electrons. The van der Waals surface area contributed by atoms with Crippen molar-refractivity contribution in [2.45, 2.75) is 24.3 Å². The third kappa shape index (κ3) is 3.65. The number of para-hydroxylation sites is 1. The van der Waals surface area contributed by atoms with Gasteiger partial charge in [-0.25, -0.2) is 13.6 Å². The number of primary sulfonamides is 1. The highest BCUT2D eigenvalue weighted by molar-refractivity contribution is 7.89. The summed E-state index contributed by atoms with van der Waals surface area (Å²) in [6.07, 6.45) is 0.578. The van der Waals surface area contributed by atoms with Crippen molar-refractivity contribution < 1.29 is 13.2 Å². The van der Waals surface area contributed by atoms with Gasteiger partial charge in [0.15, 0.2) is 0 Å². The zero-order valence-corrected chi connectivity index (χ0v) is 13.4. The number of methoxy groups -OCH3 is 1. The molecule has 5 nitrogen and oxygen atoms in total. The Morgan fingerprint density at radius 2 is 1.82 bits per heavy atom. The molecule has 6 heteroatoms. The second kappa shape index (κ2) is 6.48. The first-order chi connectivity index (χ1) is 10.3. The van der Waals surface area contributed by atoms with Crippen molar-refractivity contribution in [3.63, 3.8) is 0 Å². The van der Waals surface area contributed by atoms with E-state index in [9.17, 15) is 8.42 Å². The maximum absolute atomic E-state index is 12.0. The summed E-state index contributed by atoms with van der Waals surface area (Å²) in [5.74, 6) is 0.590. The van der Waals surface area contributed by atoms with E-state index in [2.05, 4.69) is 0 Å². The van der Waals surface area contributed by atoms with Gasteiger partial charge in [0.1, 0.15) is 5.75 Å². The summed E-state index contributed by atoms with van der Waals surface area (Å²) in [6, 6.07) is 12.3. The van der Waals surface area contributed by atoms with E-state index < -0.39 is 10.0 Å². The van der Waals surface area contributed by atoms with E-state index >= 15 is 0 Å². The van der Waals surface area contributed by atoms with Crippen LogP contribution >= 0.6 is 0 Å². The van der Waals surface area contributed by atoms with Crippen LogP contribution in [-0.4, -0.2) is 21.6 Å². The van der Waals surface area contributed by atoms with Gasteiger partial charge in [-0.3, -0.25) is 0 Å². The van der Waals surface area contributed by atoms with Crippen LogP contribution in [-0.2, 0) is 16.4 Å². The molecule has 118 valence electrons. The van der Waals surface area contributed by atoms with Crippen molar-refractivity contribution in [3.05, 3.63) is 48.0 Å². The van der Waals surface area contributed by atoms with Crippen LogP contribution in [0.15, 0.2) is 47.4 Å². The third-order valence-corrected chi connectivity index (χ3v) is 4.26. The number of benzene rings is 2. The molecule has 2 rings (SSSR count). The fourth-order valence-corrected chi connectivity index (χ4v) is 3.19. The summed E-state index contributed by atoms with van der Waals surface area (Å²) in [4.78, 5) is 0.0788. The molecule has 0 saturated carbocycles. The van der Waals surface area contributed by atoms with Crippen LogP contribution in [0.4, 0.5) is 0 Å². The Morgan fingerprint density at radius 3 is 2.41 bits per heavy atom. The van der Waals surface area contributed by atoms with E-state index in [1.54, 1.807) is 31.4 Å². The lowest BCUT2D eigenvalue weighted by atomic mass is 10.0. The predicted molar refractivity (Wildman–Crippen MR) is 87.2 cm³/mol. The highest BCUT2D eigenvalue weighted by Gasteiger charge is 2.18.